The Hall–Kier alpha value is -2.06. The van der Waals surface area contributed by atoms with Gasteiger partial charge < -0.3 is 25.6 Å². The summed E-state index contributed by atoms with van der Waals surface area (Å²) in [6, 6.07) is 4.47. The van der Waals surface area contributed by atoms with E-state index in [0.717, 1.165) is 25.9 Å². The Morgan fingerprint density at radius 1 is 1.41 bits per heavy atom. The number of hydrogen-bond acceptors (Lipinski definition) is 5. The summed E-state index contributed by atoms with van der Waals surface area (Å²) < 4.78 is 5.11. The summed E-state index contributed by atoms with van der Waals surface area (Å²) in [6.07, 6.45) is 1.78. The molecule has 1 aromatic rings. The van der Waals surface area contributed by atoms with Crippen LogP contribution in [-0.2, 0) is 4.65 Å². The predicted octanol–water partition coefficient (Wildman–Crippen LogP) is 0.273. The zero-order valence-electron chi connectivity index (χ0n) is 12.5. The molecule has 1 aliphatic rings. The minimum Gasteiger partial charge on any atom is -0.478 e. The number of carboxylic acids is 1. The lowest BCUT2D eigenvalue weighted by Gasteiger charge is -2.32. The van der Waals surface area contributed by atoms with Gasteiger partial charge in [0.25, 0.3) is 5.91 Å². The van der Waals surface area contributed by atoms with E-state index in [1.54, 1.807) is 7.11 Å². The molecule has 0 saturated carbocycles. The van der Waals surface area contributed by atoms with Crippen molar-refractivity contribution in [3.05, 3.63) is 29.3 Å². The van der Waals surface area contributed by atoms with Gasteiger partial charge in [0.05, 0.1) is 11.1 Å². The van der Waals surface area contributed by atoms with Gasteiger partial charge in [0, 0.05) is 18.8 Å². The highest BCUT2D eigenvalue weighted by Crippen LogP contribution is 2.22. The smallest absolute Gasteiger partial charge is 0.363 e. The van der Waals surface area contributed by atoms with Crippen LogP contribution in [0.5, 0.6) is 0 Å². The minimum atomic E-state index is -1.03. The molecule has 22 heavy (non-hydrogen) atoms. The van der Waals surface area contributed by atoms with Crippen molar-refractivity contribution in [1.29, 1.82) is 0 Å². The number of amides is 1. The van der Waals surface area contributed by atoms with E-state index >= 15 is 0 Å². The molecule has 1 heterocycles. The number of carbonyl (C=O) groups is 2. The van der Waals surface area contributed by atoms with Crippen LogP contribution in [0.15, 0.2) is 18.2 Å². The van der Waals surface area contributed by atoms with E-state index in [1.807, 2.05) is 0 Å². The Bertz CT molecular complexity index is 559. The third-order valence-corrected chi connectivity index (χ3v) is 3.79. The summed E-state index contributed by atoms with van der Waals surface area (Å²) in [4.78, 5) is 24.8. The molecule has 0 aromatic heterocycles. The van der Waals surface area contributed by atoms with Gasteiger partial charge in [-0.1, -0.05) is 0 Å². The average molecular weight is 305 g/mol. The predicted molar refractivity (Wildman–Crippen MR) is 84.3 cm³/mol. The Morgan fingerprint density at radius 3 is 2.64 bits per heavy atom. The lowest BCUT2D eigenvalue weighted by atomic mass is 9.99. The third-order valence-electron chi connectivity index (χ3n) is 3.79. The Kier molecular flexibility index (Phi) is 5.40. The average Bonchev–Trinajstić information content (AvgIpc) is 2.49. The van der Waals surface area contributed by atoms with Crippen LogP contribution >= 0.6 is 0 Å². The molecular weight excluding hydrogens is 285 g/mol. The van der Waals surface area contributed by atoms with E-state index in [0.29, 0.717) is 18.9 Å². The number of piperidine rings is 1. The molecule has 1 saturated heterocycles. The SMILES string of the molecule is COBN1CCC(Nc2cc(C(=O)O)ccc2C(N)=O)CC1. The van der Waals surface area contributed by atoms with E-state index in [4.69, 9.17) is 15.5 Å². The van der Waals surface area contributed by atoms with Crippen LogP contribution in [0.1, 0.15) is 33.6 Å². The molecule has 7 nitrogen and oxygen atoms in total. The fourth-order valence-electron chi connectivity index (χ4n) is 2.62. The van der Waals surface area contributed by atoms with Crippen molar-refractivity contribution in [2.75, 3.05) is 25.5 Å². The first-order valence-electron chi connectivity index (χ1n) is 7.16. The van der Waals surface area contributed by atoms with Crippen LogP contribution in [0.4, 0.5) is 5.69 Å². The summed E-state index contributed by atoms with van der Waals surface area (Å²) in [5, 5.41) is 12.3. The number of aromatic carboxylic acids is 1. The molecule has 1 amide bonds. The molecule has 1 fully saturated rings. The van der Waals surface area contributed by atoms with Gasteiger partial charge in [0.2, 0.25) is 0 Å². The molecule has 0 bridgehead atoms. The van der Waals surface area contributed by atoms with Crippen molar-refractivity contribution in [2.24, 2.45) is 5.73 Å². The number of rotatable bonds is 6. The fourth-order valence-corrected chi connectivity index (χ4v) is 2.62. The van der Waals surface area contributed by atoms with Crippen LogP contribution in [0.3, 0.4) is 0 Å². The number of carbonyl (C=O) groups excluding carboxylic acids is 1. The number of nitrogens with two attached hydrogens (primary N) is 1. The molecular formula is C14H20BN3O4. The molecule has 1 aliphatic heterocycles. The second-order valence-electron chi connectivity index (χ2n) is 5.38. The molecule has 0 unspecified atom stereocenters. The number of hydrogen-bond donors (Lipinski definition) is 3. The van der Waals surface area contributed by atoms with Gasteiger partial charge >= 0.3 is 13.6 Å². The summed E-state index contributed by atoms with van der Waals surface area (Å²) in [6.45, 7) is 1.77. The van der Waals surface area contributed by atoms with Crippen LogP contribution in [0.25, 0.3) is 0 Å². The van der Waals surface area contributed by atoms with Crippen molar-refractivity contribution in [1.82, 2.24) is 4.81 Å². The van der Waals surface area contributed by atoms with Crippen molar-refractivity contribution in [3.8, 4) is 0 Å². The monoisotopic (exact) mass is 305 g/mol. The zero-order chi connectivity index (χ0) is 16.1. The second kappa shape index (κ2) is 7.28. The highest BCUT2D eigenvalue weighted by Gasteiger charge is 2.21. The van der Waals surface area contributed by atoms with Gasteiger partial charge in [-0.05, 0) is 44.1 Å². The minimum absolute atomic E-state index is 0.129. The highest BCUT2D eigenvalue weighted by molar-refractivity contribution is 6.23. The van der Waals surface area contributed by atoms with Crippen molar-refractivity contribution >= 4 is 25.2 Å². The molecule has 0 spiro atoms. The first-order chi connectivity index (χ1) is 10.5. The van der Waals surface area contributed by atoms with Gasteiger partial charge in [-0.25, -0.2) is 4.79 Å². The summed E-state index contributed by atoms with van der Waals surface area (Å²) in [7, 11) is 2.27. The summed E-state index contributed by atoms with van der Waals surface area (Å²) >= 11 is 0. The Labute approximate surface area is 129 Å². The molecule has 8 heteroatoms. The van der Waals surface area contributed by atoms with Crippen molar-refractivity contribution in [3.63, 3.8) is 0 Å². The third kappa shape index (κ3) is 3.99. The molecule has 0 atom stereocenters. The standard InChI is InChI=1S/C14H20BN3O4/c1-22-15-18-6-4-10(5-7-18)17-12-8-9(14(20)21)2-3-11(12)13(16)19/h2-3,8,10,15,17H,4-7H2,1H3,(H2,16,19)(H,20,21). The Balaban J connectivity index is 2.09. The molecule has 0 radical (unpaired) electrons. The maximum Gasteiger partial charge on any atom is 0.363 e. The van der Waals surface area contributed by atoms with Crippen LogP contribution in [-0.4, -0.2) is 55.7 Å². The second-order valence-corrected chi connectivity index (χ2v) is 5.38. The molecule has 0 aliphatic carbocycles. The molecule has 4 N–H and O–H groups in total. The highest BCUT2D eigenvalue weighted by atomic mass is 16.4. The topological polar surface area (TPSA) is 105 Å². The fraction of sp³-hybridized carbons (Fsp3) is 0.429. The molecule has 118 valence electrons. The van der Waals surface area contributed by atoms with Gasteiger partial charge in [-0.2, -0.15) is 0 Å². The van der Waals surface area contributed by atoms with E-state index in [9.17, 15) is 9.59 Å². The first kappa shape index (κ1) is 16.3. The quantitative estimate of drug-likeness (QED) is 0.652. The van der Waals surface area contributed by atoms with Gasteiger partial charge in [0.1, 0.15) is 0 Å². The van der Waals surface area contributed by atoms with E-state index in [-0.39, 0.29) is 11.6 Å². The van der Waals surface area contributed by atoms with Crippen LogP contribution < -0.4 is 11.1 Å². The van der Waals surface area contributed by atoms with Gasteiger partial charge in [-0.3, -0.25) is 4.79 Å². The number of primary amides is 1. The molecule has 1 aromatic carbocycles. The number of nitrogens with one attached hydrogen (secondary N) is 1. The zero-order valence-corrected chi connectivity index (χ0v) is 12.5. The molecule has 2 rings (SSSR count). The maximum absolute atomic E-state index is 11.5. The normalized spacial score (nSPS) is 16.2. The van der Waals surface area contributed by atoms with Crippen LogP contribution in [0, 0.1) is 0 Å². The van der Waals surface area contributed by atoms with Crippen LogP contribution in [0.2, 0.25) is 0 Å². The van der Waals surface area contributed by atoms with Gasteiger partial charge in [-0.15, -0.1) is 0 Å². The summed E-state index contributed by atoms with van der Waals surface area (Å²) in [5.74, 6) is -1.61. The number of benzene rings is 1. The van der Waals surface area contributed by atoms with Crippen molar-refractivity contribution in [2.45, 2.75) is 18.9 Å². The Morgan fingerprint density at radius 2 is 2.09 bits per heavy atom. The number of nitrogens with zero attached hydrogens (tertiary/aromatic N) is 1. The largest absolute Gasteiger partial charge is 0.478 e. The van der Waals surface area contributed by atoms with E-state index in [1.165, 1.54) is 18.2 Å². The van der Waals surface area contributed by atoms with Crippen molar-refractivity contribution < 1.29 is 19.3 Å². The summed E-state index contributed by atoms with van der Waals surface area (Å²) in [5.41, 5.74) is 6.28. The first-order valence-corrected chi connectivity index (χ1v) is 7.16. The maximum atomic E-state index is 11.5. The van der Waals surface area contributed by atoms with E-state index < -0.39 is 11.9 Å². The lowest BCUT2D eigenvalue weighted by molar-refractivity contribution is 0.0696. The number of anilines is 1. The van der Waals surface area contributed by atoms with Gasteiger partial charge in [0.15, 0.2) is 0 Å². The number of carboxylic acid groups (broad SMARTS) is 1. The van der Waals surface area contributed by atoms with E-state index in [2.05, 4.69) is 10.1 Å². The lowest BCUT2D eigenvalue weighted by Crippen LogP contribution is -2.41.